The van der Waals surface area contributed by atoms with Crippen molar-refractivity contribution in [1.29, 1.82) is 5.26 Å². The van der Waals surface area contributed by atoms with Gasteiger partial charge in [0.05, 0.1) is 0 Å². The fourth-order valence-electron chi connectivity index (χ4n) is 2.71. The maximum Gasteiger partial charge on any atom is 0.272 e. The Morgan fingerprint density at radius 3 is 2.88 bits per heavy atom. The smallest absolute Gasteiger partial charge is 0.272 e. The van der Waals surface area contributed by atoms with Crippen LogP contribution in [0.2, 0.25) is 5.02 Å². The summed E-state index contributed by atoms with van der Waals surface area (Å²) in [7, 11) is 0. The summed E-state index contributed by atoms with van der Waals surface area (Å²) in [4.78, 5) is 16.7. The number of aryl methyl sites for hydroxylation is 2. The monoisotopic (exact) mass is 355 g/mol. The minimum Gasteiger partial charge on any atom is -0.365 e. The number of nitriles is 1. The van der Waals surface area contributed by atoms with Gasteiger partial charge in [0.25, 0.3) is 5.56 Å². The van der Waals surface area contributed by atoms with Gasteiger partial charge < -0.3 is 5.32 Å². The molecule has 0 bridgehead atoms. The lowest BCUT2D eigenvalue weighted by Crippen LogP contribution is -2.15. The van der Waals surface area contributed by atoms with Crippen molar-refractivity contribution < 1.29 is 0 Å². The summed E-state index contributed by atoms with van der Waals surface area (Å²) in [5.41, 5.74) is 3.17. The van der Waals surface area contributed by atoms with Gasteiger partial charge in [-0.2, -0.15) is 9.78 Å². The molecule has 3 rings (SSSR count). The number of fused-ring (bicyclic) bond motifs is 1. The topological polar surface area (TPSA) is 86.0 Å². The summed E-state index contributed by atoms with van der Waals surface area (Å²) < 4.78 is 1.30. The van der Waals surface area contributed by atoms with Crippen molar-refractivity contribution in [3.63, 3.8) is 0 Å². The number of H-pyrrole nitrogens is 1. The third-order valence-electron chi connectivity index (χ3n) is 3.98. The fraction of sp³-hybridized carbons (Fsp3) is 0.278. The first-order valence-electron chi connectivity index (χ1n) is 8.07. The van der Waals surface area contributed by atoms with Crippen LogP contribution in [-0.4, -0.2) is 14.6 Å². The number of halogens is 1. The lowest BCUT2D eigenvalue weighted by atomic mass is 10.1. The van der Waals surface area contributed by atoms with Gasteiger partial charge in [0, 0.05) is 23.3 Å². The highest BCUT2D eigenvalue weighted by atomic mass is 35.5. The lowest BCUT2D eigenvalue weighted by Gasteiger charge is -2.06. The van der Waals surface area contributed by atoms with Gasteiger partial charge in [0.15, 0.2) is 5.65 Å². The van der Waals surface area contributed by atoms with Crippen LogP contribution < -0.4 is 10.9 Å². The number of aromatic amines is 1. The molecular formula is C18H18ClN5O. The van der Waals surface area contributed by atoms with Crippen LogP contribution in [0.25, 0.3) is 5.65 Å². The van der Waals surface area contributed by atoms with Gasteiger partial charge in [-0.05, 0) is 30.5 Å². The fourth-order valence-corrected chi connectivity index (χ4v) is 2.83. The molecule has 0 aliphatic rings. The molecule has 0 radical (unpaired) electrons. The van der Waals surface area contributed by atoms with Crippen molar-refractivity contribution in [2.45, 2.75) is 33.2 Å². The Balaban J connectivity index is 1.96. The second-order valence-corrected chi connectivity index (χ2v) is 6.31. The van der Waals surface area contributed by atoms with E-state index in [1.165, 1.54) is 10.6 Å². The molecule has 0 fully saturated rings. The molecule has 3 aromatic rings. The number of rotatable bonds is 5. The molecule has 0 amide bonds. The maximum absolute atomic E-state index is 12.3. The number of hydrogen-bond acceptors (Lipinski definition) is 4. The van der Waals surface area contributed by atoms with Crippen LogP contribution in [0.3, 0.4) is 0 Å². The van der Waals surface area contributed by atoms with Gasteiger partial charge in [0.2, 0.25) is 0 Å². The van der Waals surface area contributed by atoms with E-state index in [-0.39, 0.29) is 5.56 Å². The van der Waals surface area contributed by atoms with Crippen molar-refractivity contribution in [2.24, 2.45) is 0 Å². The standard InChI is InChI=1S/C18H18ClN5O/c1-3-4-13-8-16(25)24-18(22-13)14(9-20)17(23-24)21-10-12-5-6-15(19)11(2)7-12/h5-8,21,23H,3-4,10H2,1-2H3. The highest BCUT2D eigenvalue weighted by molar-refractivity contribution is 6.31. The van der Waals surface area contributed by atoms with Crippen molar-refractivity contribution in [3.05, 3.63) is 62.0 Å². The molecular weight excluding hydrogens is 338 g/mol. The van der Waals surface area contributed by atoms with Crippen LogP contribution in [-0.2, 0) is 13.0 Å². The molecule has 7 heteroatoms. The molecule has 0 unspecified atom stereocenters. The minimum atomic E-state index is -0.222. The molecule has 0 atom stereocenters. The highest BCUT2D eigenvalue weighted by Gasteiger charge is 2.15. The van der Waals surface area contributed by atoms with E-state index >= 15 is 0 Å². The van der Waals surface area contributed by atoms with Gasteiger partial charge in [-0.25, -0.2) is 4.98 Å². The number of benzene rings is 1. The molecule has 0 spiro atoms. The molecule has 25 heavy (non-hydrogen) atoms. The van der Waals surface area contributed by atoms with Gasteiger partial charge in [-0.1, -0.05) is 37.1 Å². The average molecular weight is 356 g/mol. The summed E-state index contributed by atoms with van der Waals surface area (Å²) in [6.45, 7) is 4.46. The molecule has 2 heterocycles. The first-order chi connectivity index (χ1) is 12.0. The molecule has 0 saturated carbocycles. The van der Waals surface area contributed by atoms with Crippen molar-refractivity contribution in [1.82, 2.24) is 14.6 Å². The van der Waals surface area contributed by atoms with Crippen molar-refractivity contribution >= 4 is 23.1 Å². The van der Waals surface area contributed by atoms with Crippen LogP contribution in [0.1, 0.15) is 35.7 Å². The van der Waals surface area contributed by atoms with E-state index in [1.807, 2.05) is 32.0 Å². The van der Waals surface area contributed by atoms with Crippen LogP contribution in [0, 0.1) is 18.3 Å². The first kappa shape index (κ1) is 17.1. The quantitative estimate of drug-likeness (QED) is 0.734. The van der Waals surface area contributed by atoms with E-state index in [1.54, 1.807) is 0 Å². The van der Waals surface area contributed by atoms with E-state index in [4.69, 9.17) is 11.6 Å². The number of aromatic nitrogens is 3. The van der Waals surface area contributed by atoms with E-state index in [0.29, 0.717) is 40.7 Å². The SMILES string of the molecule is CCCc1cc(=O)n2[nH]c(NCc3ccc(Cl)c(C)c3)c(C#N)c2n1. The van der Waals surface area contributed by atoms with E-state index in [0.717, 1.165) is 17.5 Å². The molecule has 0 saturated heterocycles. The Kier molecular flexibility index (Phi) is 4.77. The molecule has 1 aromatic carbocycles. The minimum absolute atomic E-state index is 0.222. The zero-order valence-corrected chi connectivity index (χ0v) is 14.8. The molecule has 6 nitrogen and oxygen atoms in total. The summed E-state index contributed by atoms with van der Waals surface area (Å²) in [5, 5.41) is 16.3. The number of hydrogen-bond donors (Lipinski definition) is 2. The largest absolute Gasteiger partial charge is 0.365 e. The normalized spacial score (nSPS) is 10.8. The Morgan fingerprint density at radius 1 is 1.40 bits per heavy atom. The zero-order valence-electron chi connectivity index (χ0n) is 14.1. The second kappa shape index (κ2) is 6.99. The lowest BCUT2D eigenvalue weighted by molar-refractivity contribution is 0.839. The summed E-state index contributed by atoms with van der Waals surface area (Å²) in [6, 6.07) is 9.37. The van der Waals surface area contributed by atoms with E-state index < -0.39 is 0 Å². The number of anilines is 1. The second-order valence-electron chi connectivity index (χ2n) is 5.91. The molecule has 0 aliphatic carbocycles. The number of nitrogens with one attached hydrogen (secondary N) is 2. The van der Waals surface area contributed by atoms with E-state index in [9.17, 15) is 10.1 Å². The predicted octanol–water partition coefficient (Wildman–Crippen LogP) is 3.42. The van der Waals surface area contributed by atoms with Crippen molar-refractivity contribution in [3.8, 4) is 6.07 Å². The third-order valence-corrected chi connectivity index (χ3v) is 4.40. The molecule has 128 valence electrons. The molecule has 2 aromatic heterocycles. The Bertz CT molecular complexity index is 1030. The molecule has 2 N–H and O–H groups in total. The number of nitrogens with zero attached hydrogens (tertiary/aromatic N) is 3. The highest BCUT2D eigenvalue weighted by Crippen LogP contribution is 2.20. The van der Waals surface area contributed by atoms with Crippen LogP contribution in [0.5, 0.6) is 0 Å². The average Bonchev–Trinajstić information content (AvgIpc) is 2.94. The van der Waals surface area contributed by atoms with Gasteiger partial charge in [0.1, 0.15) is 17.5 Å². The Hall–Kier alpha value is -2.78. The predicted molar refractivity (Wildman–Crippen MR) is 98.0 cm³/mol. The van der Waals surface area contributed by atoms with Crippen LogP contribution in [0.15, 0.2) is 29.1 Å². The van der Waals surface area contributed by atoms with Crippen LogP contribution >= 0.6 is 11.6 Å². The third kappa shape index (κ3) is 3.37. The Labute approximate surface area is 150 Å². The summed E-state index contributed by atoms with van der Waals surface area (Å²) in [6.07, 6.45) is 1.59. The van der Waals surface area contributed by atoms with Crippen LogP contribution in [0.4, 0.5) is 5.82 Å². The van der Waals surface area contributed by atoms with Gasteiger partial charge >= 0.3 is 0 Å². The summed E-state index contributed by atoms with van der Waals surface area (Å²) in [5.74, 6) is 0.480. The first-order valence-corrected chi connectivity index (χ1v) is 8.45. The maximum atomic E-state index is 12.3. The van der Waals surface area contributed by atoms with Gasteiger partial charge in [-0.15, -0.1) is 0 Å². The Morgan fingerprint density at radius 2 is 2.20 bits per heavy atom. The van der Waals surface area contributed by atoms with Crippen molar-refractivity contribution in [2.75, 3.05) is 5.32 Å². The van der Waals surface area contributed by atoms with Gasteiger partial charge in [-0.3, -0.25) is 9.89 Å². The molecule has 0 aliphatic heterocycles. The van der Waals surface area contributed by atoms with E-state index in [2.05, 4.69) is 21.5 Å². The summed E-state index contributed by atoms with van der Waals surface area (Å²) >= 11 is 6.04. The zero-order chi connectivity index (χ0) is 18.0.